The van der Waals surface area contributed by atoms with Gasteiger partial charge < -0.3 is 10.1 Å². The number of rotatable bonds is 5. The molecule has 0 saturated carbocycles. The van der Waals surface area contributed by atoms with Gasteiger partial charge in [-0.3, -0.25) is 4.90 Å². The third kappa shape index (κ3) is 4.49. The van der Waals surface area contributed by atoms with E-state index >= 15 is 0 Å². The lowest BCUT2D eigenvalue weighted by Gasteiger charge is -2.35. The van der Waals surface area contributed by atoms with Crippen molar-refractivity contribution in [2.24, 2.45) is 5.92 Å². The second kappa shape index (κ2) is 6.46. The fourth-order valence-electron chi connectivity index (χ4n) is 2.11. The van der Waals surface area contributed by atoms with E-state index in [1.165, 1.54) is 0 Å². The van der Waals surface area contributed by atoms with Crippen molar-refractivity contribution in [3.05, 3.63) is 0 Å². The maximum atomic E-state index is 5.55. The van der Waals surface area contributed by atoms with E-state index in [9.17, 15) is 0 Å². The summed E-state index contributed by atoms with van der Waals surface area (Å²) in [4.78, 5) is 2.52. The maximum Gasteiger partial charge on any atom is 0.0674 e. The zero-order valence-electron chi connectivity index (χ0n) is 10.6. The van der Waals surface area contributed by atoms with Gasteiger partial charge in [-0.25, -0.2) is 0 Å². The third-order valence-corrected chi connectivity index (χ3v) is 3.05. The minimum atomic E-state index is 0.396. The predicted molar refractivity (Wildman–Crippen MR) is 64.2 cm³/mol. The number of hydrogen-bond acceptors (Lipinski definition) is 3. The van der Waals surface area contributed by atoms with Gasteiger partial charge in [0.05, 0.1) is 12.7 Å². The van der Waals surface area contributed by atoms with Crippen molar-refractivity contribution in [3.8, 4) is 0 Å². The van der Waals surface area contributed by atoms with Gasteiger partial charge in [-0.2, -0.15) is 0 Å². The summed E-state index contributed by atoms with van der Waals surface area (Å²) in [5, 5.41) is 3.56. The van der Waals surface area contributed by atoms with Crippen LogP contribution < -0.4 is 5.32 Å². The first-order chi connectivity index (χ1) is 7.13. The van der Waals surface area contributed by atoms with Crippen LogP contribution in [0, 0.1) is 5.92 Å². The van der Waals surface area contributed by atoms with Crippen LogP contribution in [0.1, 0.15) is 27.7 Å². The maximum absolute atomic E-state index is 5.55. The van der Waals surface area contributed by atoms with Crippen molar-refractivity contribution in [2.75, 3.05) is 32.8 Å². The van der Waals surface area contributed by atoms with Gasteiger partial charge in [0, 0.05) is 25.7 Å². The molecule has 1 aliphatic heterocycles. The fraction of sp³-hybridized carbons (Fsp3) is 1.00. The van der Waals surface area contributed by atoms with Crippen LogP contribution in [0.25, 0.3) is 0 Å². The SMILES string of the molecule is CCNC(CN1CCOC(C)C1)C(C)C. The van der Waals surface area contributed by atoms with E-state index in [1.807, 2.05) is 0 Å². The summed E-state index contributed by atoms with van der Waals surface area (Å²) in [5.41, 5.74) is 0. The number of ether oxygens (including phenoxy) is 1. The molecule has 0 aromatic carbocycles. The molecule has 1 saturated heterocycles. The molecular weight excluding hydrogens is 188 g/mol. The molecule has 0 aliphatic carbocycles. The second-order valence-corrected chi connectivity index (χ2v) is 4.85. The van der Waals surface area contributed by atoms with E-state index in [0.29, 0.717) is 18.1 Å². The second-order valence-electron chi connectivity index (χ2n) is 4.85. The highest BCUT2D eigenvalue weighted by Crippen LogP contribution is 2.09. The van der Waals surface area contributed by atoms with Crippen LogP contribution >= 0.6 is 0 Å². The smallest absolute Gasteiger partial charge is 0.0674 e. The molecule has 1 N–H and O–H groups in total. The molecule has 0 spiro atoms. The molecule has 0 bridgehead atoms. The van der Waals surface area contributed by atoms with E-state index in [-0.39, 0.29) is 0 Å². The molecule has 3 nitrogen and oxygen atoms in total. The average Bonchev–Trinajstić information content (AvgIpc) is 2.17. The molecule has 0 amide bonds. The standard InChI is InChI=1S/C12H26N2O/c1-5-13-12(10(2)3)9-14-6-7-15-11(4)8-14/h10-13H,5-9H2,1-4H3. The van der Waals surface area contributed by atoms with Crippen LogP contribution in [-0.2, 0) is 4.74 Å². The molecular formula is C12H26N2O. The van der Waals surface area contributed by atoms with Crippen molar-refractivity contribution in [3.63, 3.8) is 0 Å². The van der Waals surface area contributed by atoms with Crippen molar-refractivity contribution in [1.82, 2.24) is 10.2 Å². The predicted octanol–water partition coefficient (Wildman–Crippen LogP) is 1.34. The Kier molecular flexibility index (Phi) is 5.58. The summed E-state index contributed by atoms with van der Waals surface area (Å²) in [6.07, 6.45) is 0.396. The summed E-state index contributed by atoms with van der Waals surface area (Å²) < 4.78 is 5.55. The molecule has 1 aliphatic rings. The molecule has 15 heavy (non-hydrogen) atoms. The van der Waals surface area contributed by atoms with Gasteiger partial charge in [0.1, 0.15) is 0 Å². The highest BCUT2D eigenvalue weighted by molar-refractivity contribution is 4.77. The lowest BCUT2D eigenvalue weighted by atomic mass is 10.0. The summed E-state index contributed by atoms with van der Waals surface area (Å²) in [6.45, 7) is 14.2. The first-order valence-electron chi connectivity index (χ1n) is 6.20. The summed E-state index contributed by atoms with van der Waals surface area (Å²) in [6, 6.07) is 0.611. The molecule has 90 valence electrons. The number of nitrogens with one attached hydrogen (secondary N) is 1. The van der Waals surface area contributed by atoms with Crippen LogP contribution in [0.4, 0.5) is 0 Å². The fourth-order valence-corrected chi connectivity index (χ4v) is 2.11. The Morgan fingerprint density at radius 1 is 1.47 bits per heavy atom. The third-order valence-electron chi connectivity index (χ3n) is 3.05. The quantitative estimate of drug-likeness (QED) is 0.747. The van der Waals surface area contributed by atoms with Gasteiger partial charge >= 0.3 is 0 Å². The highest BCUT2D eigenvalue weighted by Gasteiger charge is 2.21. The van der Waals surface area contributed by atoms with Gasteiger partial charge in [0.25, 0.3) is 0 Å². The number of morpholine rings is 1. The number of likely N-dealkylation sites (N-methyl/N-ethyl adjacent to an activating group) is 1. The molecule has 2 unspecified atom stereocenters. The van der Waals surface area contributed by atoms with Gasteiger partial charge in [0.2, 0.25) is 0 Å². The van der Waals surface area contributed by atoms with Crippen LogP contribution in [0.2, 0.25) is 0 Å². The van der Waals surface area contributed by atoms with Crippen molar-refractivity contribution in [2.45, 2.75) is 39.8 Å². The zero-order chi connectivity index (χ0) is 11.3. The van der Waals surface area contributed by atoms with Crippen molar-refractivity contribution < 1.29 is 4.74 Å². The minimum Gasteiger partial charge on any atom is -0.376 e. The lowest BCUT2D eigenvalue weighted by molar-refractivity contribution is -0.0224. The molecule has 0 aromatic heterocycles. The Labute approximate surface area is 94.2 Å². The Balaban J connectivity index is 2.35. The summed E-state index contributed by atoms with van der Waals surface area (Å²) in [5.74, 6) is 0.697. The molecule has 0 radical (unpaired) electrons. The van der Waals surface area contributed by atoms with E-state index in [2.05, 4.69) is 37.9 Å². The Bertz CT molecular complexity index is 173. The lowest BCUT2D eigenvalue weighted by Crippen LogP contribution is -2.49. The van der Waals surface area contributed by atoms with Crippen molar-refractivity contribution in [1.29, 1.82) is 0 Å². The van der Waals surface area contributed by atoms with E-state index in [1.54, 1.807) is 0 Å². The van der Waals surface area contributed by atoms with E-state index < -0.39 is 0 Å². The van der Waals surface area contributed by atoms with Crippen molar-refractivity contribution >= 4 is 0 Å². The first-order valence-corrected chi connectivity index (χ1v) is 6.20. The van der Waals surface area contributed by atoms with Gasteiger partial charge in [-0.05, 0) is 19.4 Å². The summed E-state index contributed by atoms with van der Waals surface area (Å²) >= 11 is 0. The largest absolute Gasteiger partial charge is 0.376 e. The summed E-state index contributed by atoms with van der Waals surface area (Å²) in [7, 11) is 0. The Morgan fingerprint density at radius 2 is 2.20 bits per heavy atom. The van der Waals surface area contributed by atoms with E-state index in [4.69, 9.17) is 4.74 Å². The zero-order valence-corrected chi connectivity index (χ0v) is 10.6. The van der Waals surface area contributed by atoms with Crippen LogP contribution in [0.5, 0.6) is 0 Å². The normalized spacial score (nSPS) is 25.8. The average molecular weight is 214 g/mol. The molecule has 0 aromatic rings. The topological polar surface area (TPSA) is 24.5 Å². The Hall–Kier alpha value is -0.120. The number of hydrogen-bond donors (Lipinski definition) is 1. The minimum absolute atomic E-state index is 0.396. The molecule has 3 heteroatoms. The monoisotopic (exact) mass is 214 g/mol. The van der Waals surface area contributed by atoms with Gasteiger partial charge in [-0.15, -0.1) is 0 Å². The first kappa shape index (κ1) is 12.9. The highest BCUT2D eigenvalue weighted by atomic mass is 16.5. The molecule has 1 fully saturated rings. The molecule has 1 rings (SSSR count). The molecule has 1 heterocycles. The number of nitrogens with zero attached hydrogens (tertiary/aromatic N) is 1. The van der Waals surface area contributed by atoms with Gasteiger partial charge in [-0.1, -0.05) is 20.8 Å². The van der Waals surface area contributed by atoms with Gasteiger partial charge in [0.15, 0.2) is 0 Å². The Morgan fingerprint density at radius 3 is 2.73 bits per heavy atom. The van der Waals surface area contributed by atoms with Crippen LogP contribution in [0.15, 0.2) is 0 Å². The van der Waals surface area contributed by atoms with E-state index in [0.717, 1.165) is 32.8 Å². The van der Waals surface area contributed by atoms with Crippen LogP contribution in [-0.4, -0.2) is 49.8 Å². The molecule has 2 atom stereocenters. The van der Waals surface area contributed by atoms with Crippen LogP contribution in [0.3, 0.4) is 0 Å².